The highest BCUT2D eigenvalue weighted by atomic mass is 16.1. The van der Waals surface area contributed by atoms with Gasteiger partial charge >= 0.3 is 0 Å². The summed E-state index contributed by atoms with van der Waals surface area (Å²) in [6.07, 6.45) is 2.26. The van der Waals surface area contributed by atoms with E-state index >= 15 is 0 Å². The zero-order valence-corrected chi connectivity index (χ0v) is 9.57. The molecule has 1 amide bonds. The molecule has 2 rings (SSSR count). The number of carbonyl (C=O) groups is 1. The van der Waals surface area contributed by atoms with E-state index in [9.17, 15) is 4.79 Å². The lowest BCUT2D eigenvalue weighted by molar-refractivity contribution is 0.1000. The molecule has 1 heterocycles. The van der Waals surface area contributed by atoms with Gasteiger partial charge in [-0.25, -0.2) is 0 Å². The Hall–Kier alpha value is -1.35. The Bertz CT molecular complexity index is 389. The van der Waals surface area contributed by atoms with Gasteiger partial charge in [-0.1, -0.05) is 12.1 Å². The van der Waals surface area contributed by atoms with Crippen LogP contribution in [0.15, 0.2) is 24.3 Å². The Morgan fingerprint density at radius 2 is 2.31 bits per heavy atom. The summed E-state index contributed by atoms with van der Waals surface area (Å²) < 4.78 is 0. The van der Waals surface area contributed by atoms with Crippen LogP contribution in [0.5, 0.6) is 0 Å². The van der Waals surface area contributed by atoms with Crippen molar-refractivity contribution >= 4 is 5.91 Å². The van der Waals surface area contributed by atoms with Crippen LogP contribution >= 0.6 is 0 Å². The van der Waals surface area contributed by atoms with E-state index in [0.717, 1.165) is 19.4 Å². The van der Waals surface area contributed by atoms with E-state index in [2.05, 4.69) is 18.3 Å². The van der Waals surface area contributed by atoms with Crippen molar-refractivity contribution in [2.24, 2.45) is 5.73 Å². The Balaban J connectivity index is 2.19. The number of benzene rings is 1. The summed E-state index contributed by atoms with van der Waals surface area (Å²) in [6.45, 7) is 3.25. The number of amides is 1. The number of nitrogens with two attached hydrogens (primary N) is 1. The largest absolute Gasteiger partial charge is 0.366 e. The van der Waals surface area contributed by atoms with E-state index in [1.165, 1.54) is 5.56 Å². The molecule has 1 aliphatic heterocycles. The van der Waals surface area contributed by atoms with Gasteiger partial charge in [-0.05, 0) is 49.9 Å². The quantitative estimate of drug-likeness (QED) is 0.793. The van der Waals surface area contributed by atoms with Crippen LogP contribution in [0.25, 0.3) is 0 Å². The van der Waals surface area contributed by atoms with Gasteiger partial charge in [0, 0.05) is 11.6 Å². The predicted molar refractivity (Wildman–Crippen MR) is 64.4 cm³/mol. The summed E-state index contributed by atoms with van der Waals surface area (Å²) in [7, 11) is 0. The fraction of sp³-hybridized carbons (Fsp3) is 0.462. The first kappa shape index (κ1) is 11.1. The molecule has 0 aliphatic carbocycles. The summed E-state index contributed by atoms with van der Waals surface area (Å²) in [4.78, 5) is 11.1. The molecule has 1 saturated heterocycles. The normalized spacial score (nSPS) is 25.3. The SMILES string of the molecule is C[C@H]1C[C@@H](c2cccc(C(N)=O)c2)CCN1. The van der Waals surface area contributed by atoms with E-state index < -0.39 is 0 Å². The van der Waals surface area contributed by atoms with Crippen LogP contribution in [0.2, 0.25) is 0 Å². The average molecular weight is 218 g/mol. The highest BCUT2D eigenvalue weighted by Crippen LogP contribution is 2.27. The van der Waals surface area contributed by atoms with Gasteiger partial charge < -0.3 is 11.1 Å². The van der Waals surface area contributed by atoms with E-state index in [1.54, 1.807) is 6.07 Å². The number of hydrogen-bond acceptors (Lipinski definition) is 2. The summed E-state index contributed by atoms with van der Waals surface area (Å²) in [6, 6.07) is 8.27. The molecule has 86 valence electrons. The van der Waals surface area contributed by atoms with Crippen molar-refractivity contribution in [2.45, 2.75) is 31.7 Å². The fourth-order valence-corrected chi connectivity index (χ4v) is 2.38. The lowest BCUT2D eigenvalue weighted by Crippen LogP contribution is -2.34. The maximum absolute atomic E-state index is 11.1. The van der Waals surface area contributed by atoms with Crippen LogP contribution in [-0.4, -0.2) is 18.5 Å². The molecule has 1 aromatic carbocycles. The monoisotopic (exact) mass is 218 g/mol. The maximum Gasteiger partial charge on any atom is 0.248 e. The molecule has 0 radical (unpaired) electrons. The van der Waals surface area contributed by atoms with Crippen molar-refractivity contribution in [2.75, 3.05) is 6.54 Å². The summed E-state index contributed by atoms with van der Waals surface area (Å²) in [5, 5.41) is 3.43. The Morgan fingerprint density at radius 1 is 1.50 bits per heavy atom. The molecule has 1 aromatic rings. The Morgan fingerprint density at radius 3 is 3.00 bits per heavy atom. The van der Waals surface area contributed by atoms with Gasteiger partial charge in [0.15, 0.2) is 0 Å². The van der Waals surface area contributed by atoms with Gasteiger partial charge in [0.1, 0.15) is 0 Å². The number of hydrogen-bond donors (Lipinski definition) is 2. The van der Waals surface area contributed by atoms with Crippen LogP contribution in [0, 0.1) is 0 Å². The van der Waals surface area contributed by atoms with Crippen LogP contribution in [0.1, 0.15) is 41.6 Å². The number of rotatable bonds is 2. The summed E-state index contributed by atoms with van der Waals surface area (Å²) in [5.41, 5.74) is 7.14. The first-order valence-corrected chi connectivity index (χ1v) is 5.80. The molecule has 16 heavy (non-hydrogen) atoms. The third-order valence-electron chi connectivity index (χ3n) is 3.27. The molecule has 3 nitrogen and oxygen atoms in total. The van der Waals surface area contributed by atoms with E-state index in [-0.39, 0.29) is 5.91 Å². The van der Waals surface area contributed by atoms with E-state index in [0.29, 0.717) is 17.5 Å². The van der Waals surface area contributed by atoms with Crippen molar-refractivity contribution in [1.29, 1.82) is 0 Å². The summed E-state index contributed by atoms with van der Waals surface area (Å²) in [5.74, 6) is 0.208. The summed E-state index contributed by atoms with van der Waals surface area (Å²) >= 11 is 0. The van der Waals surface area contributed by atoms with Crippen molar-refractivity contribution in [3.63, 3.8) is 0 Å². The minimum atomic E-state index is -0.344. The minimum Gasteiger partial charge on any atom is -0.366 e. The first-order chi connectivity index (χ1) is 7.66. The topological polar surface area (TPSA) is 55.1 Å². The molecule has 1 aliphatic rings. The van der Waals surface area contributed by atoms with E-state index in [1.807, 2.05) is 12.1 Å². The molecular weight excluding hydrogens is 200 g/mol. The molecule has 3 heteroatoms. The van der Waals surface area contributed by atoms with Crippen molar-refractivity contribution in [3.05, 3.63) is 35.4 Å². The smallest absolute Gasteiger partial charge is 0.248 e. The lowest BCUT2D eigenvalue weighted by atomic mass is 9.86. The number of primary amides is 1. The van der Waals surface area contributed by atoms with Crippen LogP contribution in [-0.2, 0) is 0 Å². The Labute approximate surface area is 96.0 Å². The third kappa shape index (κ3) is 2.42. The van der Waals surface area contributed by atoms with Crippen LogP contribution in [0.3, 0.4) is 0 Å². The molecule has 0 aromatic heterocycles. The molecule has 0 saturated carbocycles. The molecule has 2 atom stereocenters. The second-order valence-corrected chi connectivity index (χ2v) is 4.57. The molecule has 1 fully saturated rings. The zero-order chi connectivity index (χ0) is 11.5. The zero-order valence-electron chi connectivity index (χ0n) is 9.57. The van der Waals surface area contributed by atoms with Crippen LogP contribution < -0.4 is 11.1 Å². The van der Waals surface area contributed by atoms with Crippen molar-refractivity contribution in [3.8, 4) is 0 Å². The van der Waals surface area contributed by atoms with Gasteiger partial charge in [-0.2, -0.15) is 0 Å². The maximum atomic E-state index is 11.1. The fourth-order valence-electron chi connectivity index (χ4n) is 2.38. The third-order valence-corrected chi connectivity index (χ3v) is 3.27. The minimum absolute atomic E-state index is 0.344. The van der Waals surface area contributed by atoms with Crippen molar-refractivity contribution < 1.29 is 4.79 Å². The van der Waals surface area contributed by atoms with Gasteiger partial charge in [-0.3, -0.25) is 4.79 Å². The molecule has 0 unspecified atom stereocenters. The Kier molecular flexibility index (Phi) is 3.25. The number of carbonyl (C=O) groups excluding carboxylic acids is 1. The van der Waals surface area contributed by atoms with Gasteiger partial charge in [0.25, 0.3) is 0 Å². The molecule has 0 spiro atoms. The lowest BCUT2D eigenvalue weighted by Gasteiger charge is -2.28. The van der Waals surface area contributed by atoms with Gasteiger partial charge in [0.05, 0.1) is 0 Å². The van der Waals surface area contributed by atoms with E-state index in [4.69, 9.17) is 5.73 Å². The second kappa shape index (κ2) is 4.66. The van der Waals surface area contributed by atoms with Crippen molar-refractivity contribution in [1.82, 2.24) is 5.32 Å². The molecular formula is C13H18N2O. The molecule has 3 N–H and O–H groups in total. The number of piperidine rings is 1. The molecule has 0 bridgehead atoms. The van der Waals surface area contributed by atoms with Gasteiger partial charge in [-0.15, -0.1) is 0 Å². The van der Waals surface area contributed by atoms with Crippen LogP contribution in [0.4, 0.5) is 0 Å². The standard InChI is InChI=1S/C13H18N2O/c1-9-7-11(5-6-15-9)10-3-2-4-12(8-10)13(14)16/h2-4,8-9,11,15H,5-7H2,1H3,(H2,14,16)/t9-,11-/m0/s1. The highest BCUT2D eigenvalue weighted by Gasteiger charge is 2.20. The van der Waals surface area contributed by atoms with Gasteiger partial charge in [0.2, 0.25) is 5.91 Å². The predicted octanol–water partition coefficient (Wildman–Crippen LogP) is 1.64. The average Bonchev–Trinajstić information content (AvgIpc) is 2.29. The second-order valence-electron chi connectivity index (χ2n) is 4.57. The highest BCUT2D eigenvalue weighted by molar-refractivity contribution is 5.92. The number of nitrogens with one attached hydrogen (secondary N) is 1. The first-order valence-electron chi connectivity index (χ1n) is 5.80.